The first-order valence-corrected chi connectivity index (χ1v) is 12.8. The molecule has 0 bridgehead atoms. The summed E-state index contributed by atoms with van der Waals surface area (Å²) in [4.78, 5) is 12.7. The molecule has 2 aromatic rings. The molecule has 9 heteroatoms. The number of hydrogen-bond donors (Lipinski definition) is 0. The number of sulfonamides is 2. The van der Waals surface area contributed by atoms with Crippen LogP contribution in [0.4, 0.5) is 0 Å². The number of ketones is 1. The van der Waals surface area contributed by atoms with Gasteiger partial charge < -0.3 is 0 Å². The van der Waals surface area contributed by atoms with Gasteiger partial charge in [-0.3, -0.25) is 4.79 Å². The van der Waals surface area contributed by atoms with E-state index >= 15 is 0 Å². The lowest BCUT2D eigenvalue weighted by Crippen LogP contribution is -2.65. The van der Waals surface area contributed by atoms with Crippen LogP contribution in [0.1, 0.15) is 31.9 Å². The van der Waals surface area contributed by atoms with E-state index in [1.165, 1.54) is 31.2 Å². The second-order valence-electron chi connectivity index (χ2n) is 8.88. The maximum absolute atomic E-state index is 13.5. The molecule has 0 aromatic heterocycles. The zero-order valence-electron chi connectivity index (χ0n) is 18.4. The van der Waals surface area contributed by atoms with E-state index in [1.54, 1.807) is 38.1 Å². The molecule has 0 saturated carbocycles. The van der Waals surface area contributed by atoms with Crippen LogP contribution in [-0.4, -0.2) is 50.5 Å². The average molecular weight is 465 g/mol. The summed E-state index contributed by atoms with van der Waals surface area (Å²) in [6.45, 7) is 8.53. The molecule has 3 rings (SSSR count). The SMILES string of the molecule is CC(=O)C1N(S(=O)(=O)c2ccc(C)cc2)CC(C)(C)CN1S(=O)(=O)c1ccc(C)cc1. The molecular formula is C22H28N2O5S2. The summed E-state index contributed by atoms with van der Waals surface area (Å²) in [7, 11) is -8.24. The third kappa shape index (κ3) is 4.59. The van der Waals surface area contributed by atoms with Gasteiger partial charge in [0, 0.05) is 13.1 Å². The van der Waals surface area contributed by atoms with Gasteiger partial charge in [-0.15, -0.1) is 0 Å². The van der Waals surface area contributed by atoms with Crippen molar-refractivity contribution in [2.75, 3.05) is 13.1 Å². The Morgan fingerprint density at radius 3 is 1.39 bits per heavy atom. The van der Waals surface area contributed by atoms with Crippen LogP contribution in [0.25, 0.3) is 0 Å². The monoisotopic (exact) mass is 464 g/mol. The topological polar surface area (TPSA) is 91.8 Å². The van der Waals surface area contributed by atoms with E-state index in [1.807, 2.05) is 13.8 Å². The standard InChI is InChI=1S/C22H28N2O5S2/c1-16-6-10-19(11-7-16)30(26,27)23-14-22(4,5)15-24(21(23)18(3)25)31(28,29)20-12-8-17(2)9-13-20/h6-13,21H,14-15H2,1-5H3. The average Bonchev–Trinajstić information content (AvgIpc) is 2.67. The molecule has 0 unspecified atom stereocenters. The van der Waals surface area contributed by atoms with Gasteiger partial charge in [0.1, 0.15) is 6.17 Å². The maximum atomic E-state index is 13.5. The first kappa shape index (κ1) is 23.6. The van der Waals surface area contributed by atoms with Gasteiger partial charge in [-0.25, -0.2) is 16.8 Å². The van der Waals surface area contributed by atoms with Crippen molar-refractivity contribution < 1.29 is 21.6 Å². The molecule has 1 fully saturated rings. The van der Waals surface area contributed by atoms with Gasteiger partial charge >= 0.3 is 0 Å². The van der Waals surface area contributed by atoms with Crippen LogP contribution in [-0.2, 0) is 24.8 Å². The fourth-order valence-corrected chi connectivity index (χ4v) is 7.39. The maximum Gasteiger partial charge on any atom is 0.244 e. The largest absolute Gasteiger partial charge is 0.297 e. The Labute approximate surface area is 184 Å². The molecule has 0 amide bonds. The lowest BCUT2D eigenvalue weighted by molar-refractivity contribution is -0.127. The molecule has 0 N–H and O–H groups in total. The highest BCUT2D eigenvalue weighted by molar-refractivity contribution is 7.90. The first-order valence-electron chi connectivity index (χ1n) is 9.93. The molecule has 0 radical (unpaired) electrons. The van der Waals surface area contributed by atoms with Crippen LogP contribution in [0, 0.1) is 19.3 Å². The van der Waals surface area contributed by atoms with E-state index in [0.29, 0.717) is 0 Å². The minimum absolute atomic E-state index is 0.0212. The van der Waals surface area contributed by atoms with Crippen molar-refractivity contribution in [1.82, 2.24) is 8.61 Å². The van der Waals surface area contributed by atoms with Crippen LogP contribution < -0.4 is 0 Å². The van der Waals surface area contributed by atoms with Crippen molar-refractivity contribution >= 4 is 25.8 Å². The number of hydrogen-bond acceptors (Lipinski definition) is 5. The fourth-order valence-electron chi connectivity index (χ4n) is 3.74. The van der Waals surface area contributed by atoms with E-state index in [2.05, 4.69) is 0 Å². The second kappa shape index (κ2) is 8.12. The van der Waals surface area contributed by atoms with Crippen molar-refractivity contribution in [2.24, 2.45) is 5.41 Å². The summed E-state index contributed by atoms with van der Waals surface area (Å²) < 4.78 is 56.1. The van der Waals surface area contributed by atoms with E-state index in [4.69, 9.17) is 0 Å². The van der Waals surface area contributed by atoms with Crippen molar-refractivity contribution in [3.8, 4) is 0 Å². The van der Waals surface area contributed by atoms with Crippen molar-refractivity contribution in [2.45, 2.75) is 50.6 Å². The molecule has 1 saturated heterocycles. The number of benzene rings is 2. The minimum Gasteiger partial charge on any atom is -0.297 e. The summed E-state index contributed by atoms with van der Waals surface area (Å²) in [6, 6.07) is 12.6. The van der Waals surface area contributed by atoms with Crippen molar-refractivity contribution in [3.05, 3.63) is 59.7 Å². The van der Waals surface area contributed by atoms with E-state index in [0.717, 1.165) is 19.7 Å². The number of rotatable bonds is 5. The minimum atomic E-state index is -4.12. The molecule has 168 valence electrons. The molecule has 2 aromatic carbocycles. The number of carbonyl (C=O) groups excluding carboxylic acids is 1. The van der Waals surface area contributed by atoms with Gasteiger partial charge in [-0.2, -0.15) is 8.61 Å². The second-order valence-corrected chi connectivity index (χ2v) is 12.7. The first-order chi connectivity index (χ1) is 14.3. The van der Waals surface area contributed by atoms with Gasteiger partial charge in [-0.1, -0.05) is 49.2 Å². The molecule has 7 nitrogen and oxygen atoms in total. The molecule has 1 aliphatic heterocycles. The molecular weight excluding hydrogens is 436 g/mol. The van der Waals surface area contributed by atoms with Crippen LogP contribution in [0.15, 0.2) is 58.3 Å². The van der Waals surface area contributed by atoms with E-state index in [9.17, 15) is 21.6 Å². The van der Waals surface area contributed by atoms with Crippen molar-refractivity contribution in [3.63, 3.8) is 0 Å². The van der Waals surface area contributed by atoms with E-state index < -0.39 is 37.4 Å². The molecule has 0 atom stereocenters. The Balaban J connectivity index is 2.15. The Hall–Kier alpha value is -2.07. The Morgan fingerprint density at radius 1 is 0.774 bits per heavy atom. The highest BCUT2D eigenvalue weighted by atomic mass is 32.2. The molecule has 0 spiro atoms. The smallest absolute Gasteiger partial charge is 0.244 e. The van der Waals surface area contributed by atoms with Crippen LogP contribution in [0.2, 0.25) is 0 Å². The quantitative estimate of drug-likeness (QED) is 0.678. The third-order valence-electron chi connectivity index (χ3n) is 5.33. The fraction of sp³-hybridized carbons (Fsp3) is 0.409. The molecule has 1 aliphatic rings. The lowest BCUT2D eigenvalue weighted by atomic mass is 9.91. The number of nitrogens with zero attached hydrogens (tertiary/aromatic N) is 2. The highest BCUT2D eigenvalue weighted by Crippen LogP contribution is 2.36. The van der Waals surface area contributed by atoms with Gasteiger partial charge in [-0.05, 0) is 50.5 Å². The summed E-state index contributed by atoms with van der Waals surface area (Å²) >= 11 is 0. The Morgan fingerprint density at radius 2 is 1.10 bits per heavy atom. The van der Waals surface area contributed by atoms with Crippen LogP contribution in [0.5, 0.6) is 0 Å². The summed E-state index contributed by atoms with van der Waals surface area (Å²) in [5.41, 5.74) is 1.08. The number of aryl methyl sites for hydroxylation is 2. The molecule has 31 heavy (non-hydrogen) atoms. The zero-order valence-corrected chi connectivity index (χ0v) is 20.0. The summed E-state index contributed by atoms with van der Waals surface area (Å²) in [5.74, 6) is -0.554. The molecule has 1 heterocycles. The van der Waals surface area contributed by atoms with Crippen molar-refractivity contribution in [1.29, 1.82) is 0 Å². The lowest BCUT2D eigenvalue weighted by Gasteiger charge is -2.47. The van der Waals surface area contributed by atoms with Gasteiger partial charge in [0.05, 0.1) is 9.79 Å². The number of carbonyl (C=O) groups is 1. The third-order valence-corrected chi connectivity index (χ3v) is 8.96. The zero-order chi connectivity index (χ0) is 23.2. The predicted molar refractivity (Wildman–Crippen MR) is 118 cm³/mol. The van der Waals surface area contributed by atoms with Crippen LogP contribution in [0.3, 0.4) is 0 Å². The Bertz CT molecular complexity index is 1100. The van der Waals surface area contributed by atoms with E-state index in [-0.39, 0.29) is 22.9 Å². The molecule has 0 aliphatic carbocycles. The van der Waals surface area contributed by atoms with Gasteiger partial charge in [0.15, 0.2) is 5.78 Å². The Kier molecular flexibility index (Phi) is 6.18. The van der Waals surface area contributed by atoms with Gasteiger partial charge in [0.25, 0.3) is 0 Å². The highest BCUT2D eigenvalue weighted by Gasteiger charge is 2.50. The van der Waals surface area contributed by atoms with Gasteiger partial charge in [0.2, 0.25) is 20.0 Å². The predicted octanol–water partition coefficient (Wildman–Crippen LogP) is 2.94. The summed E-state index contributed by atoms with van der Waals surface area (Å²) in [5, 5.41) is 0. The van der Waals surface area contributed by atoms with Crippen LogP contribution >= 0.6 is 0 Å². The summed E-state index contributed by atoms with van der Waals surface area (Å²) in [6.07, 6.45) is -1.45. The normalized spacial score (nSPS) is 18.7. The number of Topliss-reactive ketones (excluding diaryl/α,β-unsaturated/α-hetero) is 1.